The van der Waals surface area contributed by atoms with Crippen molar-refractivity contribution in [3.05, 3.63) is 65.5 Å². The SMILES string of the molecule is CCc1ccc(C(=O)N2CCC(Cc3nc(-c4cccc(OC)c4)no3)CC2)cc1. The first kappa shape index (κ1) is 20.1. The molecule has 156 valence electrons. The van der Waals surface area contributed by atoms with Crippen LogP contribution in [0.3, 0.4) is 0 Å². The number of carbonyl (C=O) groups is 1. The Balaban J connectivity index is 1.32. The molecule has 1 amide bonds. The van der Waals surface area contributed by atoms with Gasteiger partial charge in [-0.25, -0.2) is 0 Å². The van der Waals surface area contributed by atoms with Crippen molar-refractivity contribution in [1.82, 2.24) is 15.0 Å². The number of methoxy groups -OCH3 is 1. The molecule has 0 atom stereocenters. The summed E-state index contributed by atoms with van der Waals surface area (Å²) in [6, 6.07) is 15.6. The van der Waals surface area contributed by atoms with Crippen LogP contribution < -0.4 is 4.74 Å². The Kier molecular flexibility index (Phi) is 6.12. The van der Waals surface area contributed by atoms with E-state index in [9.17, 15) is 4.79 Å². The second kappa shape index (κ2) is 9.11. The highest BCUT2D eigenvalue weighted by atomic mass is 16.5. The zero-order chi connectivity index (χ0) is 20.9. The second-order valence-electron chi connectivity index (χ2n) is 7.73. The third-order valence-electron chi connectivity index (χ3n) is 5.77. The summed E-state index contributed by atoms with van der Waals surface area (Å²) in [5.74, 6) is 2.55. The van der Waals surface area contributed by atoms with Crippen LogP contribution in [-0.2, 0) is 12.8 Å². The molecule has 6 heteroatoms. The Bertz CT molecular complexity index is 989. The number of hydrogen-bond donors (Lipinski definition) is 0. The van der Waals surface area contributed by atoms with Gasteiger partial charge in [0, 0.05) is 30.6 Å². The number of amides is 1. The molecule has 1 aliphatic heterocycles. The van der Waals surface area contributed by atoms with Gasteiger partial charge in [0.15, 0.2) is 0 Å². The summed E-state index contributed by atoms with van der Waals surface area (Å²) >= 11 is 0. The van der Waals surface area contributed by atoms with Gasteiger partial charge in [-0.2, -0.15) is 4.98 Å². The molecule has 1 fully saturated rings. The molecule has 4 rings (SSSR count). The summed E-state index contributed by atoms with van der Waals surface area (Å²) in [6.07, 6.45) is 3.60. The van der Waals surface area contributed by atoms with E-state index >= 15 is 0 Å². The third kappa shape index (κ3) is 4.53. The van der Waals surface area contributed by atoms with Crippen LogP contribution in [0.1, 0.15) is 41.6 Å². The highest BCUT2D eigenvalue weighted by Gasteiger charge is 2.25. The average molecular weight is 405 g/mol. The Morgan fingerprint density at radius 2 is 1.93 bits per heavy atom. The van der Waals surface area contributed by atoms with E-state index in [0.717, 1.165) is 55.6 Å². The van der Waals surface area contributed by atoms with E-state index in [0.29, 0.717) is 17.6 Å². The Morgan fingerprint density at radius 1 is 1.17 bits per heavy atom. The van der Waals surface area contributed by atoms with Crippen LogP contribution in [-0.4, -0.2) is 41.1 Å². The molecule has 0 radical (unpaired) electrons. The lowest BCUT2D eigenvalue weighted by atomic mass is 9.93. The van der Waals surface area contributed by atoms with E-state index < -0.39 is 0 Å². The molecule has 0 N–H and O–H groups in total. The standard InChI is InChI=1S/C24H27N3O3/c1-3-17-7-9-19(10-8-17)24(28)27-13-11-18(12-14-27)15-22-25-23(26-30-22)20-5-4-6-21(16-20)29-2/h4-10,16,18H,3,11-15H2,1-2H3. The van der Waals surface area contributed by atoms with Crippen LogP contribution in [0.25, 0.3) is 11.4 Å². The highest BCUT2D eigenvalue weighted by Crippen LogP contribution is 2.25. The molecule has 1 aromatic heterocycles. The van der Waals surface area contributed by atoms with Crippen LogP contribution in [0.5, 0.6) is 5.75 Å². The summed E-state index contributed by atoms with van der Waals surface area (Å²) in [5, 5.41) is 4.12. The number of aromatic nitrogens is 2. The van der Waals surface area contributed by atoms with Crippen molar-refractivity contribution < 1.29 is 14.1 Å². The Morgan fingerprint density at radius 3 is 2.63 bits per heavy atom. The van der Waals surface area contributed by atoms with E-state index in [1.807, 2.05) is 53.4 Å². The van der Waals surface area contributed by atoms with Crippen LogP contribution in [0, 0.1) is 5.92 Å². The first-order chi connectivity index (χ1) is 14.7. The molecule has 0 spiro atoms. The van der Waals surface area contributed by atoms with Gasteiger partial charge in [-0.1, -0.05) is 36.3 Å². The van der Waals surface area contributed by atoms with Crippen molar-refractivity contribution in [2.75, 3.05) is 20.2 Å². The van der Waals surface area contributed by atoms with Gasteiger partial charge >= 0.3 is 0 Å². The minimum atomic E-state index is 0.120. The van der Waals surface area contributed by atoms with Gasteiger partial charge in [0.2, 0.25) is 11.7 Å². The molecule has 0 aliphatic carbocycles. The first-order valence-electron chi connectivity index (χ1n) is 10.5. The number of piperidine rings is 1. The summed E-state index contributed by atoms with van der Waals surface area (Å²) in [6.45, 7) is 3.64. The second-order valence-corrected chi connectivity index (χ2v) is 7.73. The summed E-state index contributed by atoms with van der Waals surface area (Å²) < 4.78 is 10.7. The van der Waals surface area contributed by atoms with E-state index in [2.05, 4.69) is 17.1 Å². The topological polar surface area (TPSA) is 68.5 Å². The number of nitrogens with zero attached hydrogens (tertiary/aromatic N) is 3. The van der Waals surface area contributed by atoms with Crippen molar-refractivity contribution in [3.8, 4) is 17.1 Å². The normalized spacial score (nSPS) is 14.7. The smallest absolute Gasteiger partial charge is 0.253 e. The largest absolute Gasteiger partial charge is 0.497 e. The highest BCUT2D eigenvalue weighted by molar-refractivity contribution is 5.94. The van der Waals surface area contributed by atoms with Gasteiger partial charge in [0.25, 0.3) is 5.91 Å². The van der Waals surface area contributed by atoms with Gasteiger partial charge in [0.05, 0.1) is 7.11 Å². The number of carbonyl (C=O) groups excluding carboxylic acids is 1. The minimum Gasteiger partial charge on any atom is -0.497 e. The van der Waals surface area contributed by atoms with Crippen molar-refractivity contribution >= 4 is 5.91 Å². The fraction of sp³-hybridized carbons (Fsp3) is 0.375. The Labute approximate surface area is 176 Å². The van der Waals surface area contributed by atoms with Gasteiger partial charge in [-0.05, 0) is 55.0 Å². The number of aryl methyl sites for hydroxylation is 1. The van der Waals surface area contributed by atoms with E-state index in [1.165, 1.54) is 5.56 Å². The molecular weight excluding hydrogens is 378 g/mol. The number of hydrogen-bond acceptors (Lipinski definition) is 5. The monoisotopic (exact) mass is 405 g/mol. The number of ether oxygens (including phenoxy) is 1. The van der Waals surface area contributed by atoms with Crippen LogP contribution >= 0.6 is 0 Å². The van der Waals surface area contributed by atoms with Crippen molar-refractivity contribution in [1.29, 1.82) is 0 Å². The van der Waals surface area contributed by atoms with E-state index in [1.54, 1.807) is 7.11 Å². The molecule has 3 aromatic rings. The number of benzene rings is 2. The molecule has 1 saturated heterocycles. The summed E-state index contributed by atoms with van der Waals surface area (Å²) in [7, 11) is 1.64. The predicted octanol–water partition coefficient (Wildman–Crippen LogP) is 4.40. The average Bonchev–Trinajstić information content (AvgIpc) is 3.28. The van der Waals surface area contributed by atoms with Gasteiger partial charge < -0.3 is 14.2 Å². The molecule has 0 saturated carbocycles. The zero-order valence-corrected chi connectivity index (χ0v) is 17.5. The molecule has 0 bridgehead atoms. The third-order valence-corrected chi connectivity index (χ3v) is 5.77. The lowest BCUT2D eigenvalue weighted by Gasteiger charge is -2.31. The fourth-order valence-corrected chi connectivity index (χ4v) is 3.87. The minimum absolute atomic E-state index is 0.120. The lowest BCUT2D eigenvalue weighted by molar-refractivity contribution is 0.0687. The van der Waals surface area contributed by atoms with Crippen LogP contribution in [0.15, 0.2) is 53.1 Å². The molecule has 1 aliphatic rings. The van der Waals surface area contributed by atoms with Crippen molar-refractivity contribution in [2.24, 2.45) is 5.92 Å². The maximum Gasteiger partial charge on any atom is 0.253 e. The maximum absolute atomic E-state index is 12.8. The Hall–Kier alpha value is -3.15. The van der Waals surface area contributed by atoms with Crippen LogP contribution in [0.2, 0.25) is 0 Å². The molecule has 30 heavy (non-hydrogen) atoms. The zero-order valence-electron chi connectivity index (χ0n) is 17.5. The summed E-state index contributed by atoms with van der Waals surface area (Å²) in [4.78, 5) is 19.3. The van der Waals surface area contributed by atoms with Gasteiger partial charge in [0.1, 0.15) is 5.75 Å². The van der Waals surface area contributed by atoms with E-state index in [-0.39, 0.29) is 5.91 Å². The lowest BCUT2D eigenvalue weighted by Crippen LogP contribution is -2.38. The maximum atomic E-state index is 12.8. The fourth-order valence-electron chi connectivity index (χ4n) is 3.87. The molecule has 6 nitrogen and oxygen atoms in total. The quantitative estimate of drug-likeness (QED) is 0.608. The van der Waals surface area contributed by atoms with Crippen molar-refractivity contribution in [3.63, 3.8) is 0 Å². The summed E-state index contributed by atoms with van der Waals surface area (Å²) in [5.41, 5.74) is 2.89. The number of likely N-dealkylation sites (tertiary alicyclic amines) is 1. The molecule has 2 heterocycles. The molecule has 2 aromatic carbocycles. The van der Waals surface area contributed by atoms with Gasteiger partial charge in [-0.15, -0.1) is 0 Å². The first-order valence-corrected chi connectivity index (χ1v) is 10.5. The van der Waals surface area contributed by atoms with E-state index in [4.69, 9.17) is 9.26 Å². The predicted molar refractivity (Wildman–Crippen MR) is 114 cm³/mol. The van der Waals surface area contributed by atoms with Crippen LogP contribution in [0.4, 0.5) is 0 Å². The number of rotatable bonds is 6. The molecular formula is C24H27N3O3. The van der Waals surface area contributed by atoms with Gasteiger partial charge in [-0.3, -0.25) is 4.79 Å². The van der Waals surface area contributed by atoms with Crippen molar-refractivity contribution in [2.45, 2.75) is 32.6 Å². The molecule has 0 unspecified atom stereocenters.